The summed E-state index contributed by atoms with van der Waals surface area (Å²) in [5.41, 5.74) is 6.33. The Balaban J connectivity index is 2.03. The standard InChI is InChI=1S/C16H15.3C4H9.Sn/c1-2-14-4-3-13(1)9-10-15-5-7-16(8-6-15)12-11-14;3*1-3-4-2;/h1-7H,9-12H2;3*1,3-4H2,2H3;. The molecule has 2 aromatic rings. The monoisotopic (exact) mass is 498 g/mol. The maximum absolute atomic E-state index is 2.74. The molecular weight excluding hydrogens is 455 g/mol. The Labute approximate surface area is 184 Å². The molecule has 158 valence electrons. The zero-order valence-electron chi connectivity index (χ0n) is 19.2. The summed E-state index contributed by atoms with van der Waals surface area (Å²) in [6, 6.07) is 17.2. The average Bonchev–Trinajstić information content (AvgIpc) is 2.75. The Kier molecular flexibility index (Phi) is 9.15. The van der Waals surface area contributed by atoms with Crippen molar-refractivity contribution in [2.45, 2.75) is 98.3 Å². The van der Waals surface area contributed by atoms with E-state index in [1.807, 2.05) is 3.58 Å². The van der Waals surface area contributed by atoms with Gasteiger partial charge in [0.1, 0.15) is 0 Å². The molecule has 0 radical (unpaired) electrons. The van der Waals surface area contributed by atoms with Gasteiger partial charge in [-0.2, -0.15) is 0 Å². The van der Waals surface area contributed by atoms with Crippen LogP contribution in [-0.4, -0.2) is 18.4 Å². The molecule has 0 saturated carbocycles. The third kappa shape index (κ3) is 6.12. The molecule has 6 rings (SSSR count). The first-order valence-electron chi connectivity index (χ1n) is 12.4. The van der Waals surface area contributed by atoms with E-state index in [9.17, 15) is 0 Å². The minimum absolute atomic E-state index is 1.18. The van der Waals surface area contributed by atoms with Crippen molar-refractivity contribution in [1.82, 2.24) is 0 Å². The van der Waals surface area contributed by atoms with Crippen molar-refractivity contribution < 1.29 is 0 Å². The van der Waals surface area contributed by atoms with Gasteiger partial charge in [0.25, 0.3) is 0 Å². The van der Waals surface area contributed by atoms with E-state index in [0.717, 1.165) is 0 Å². The molecule has 0 amide bonds. The van der Waals surface area contributed by atoms with Crippen molar-refractivity contribution in [3.05, 3.63) is 64.7 Å². The molecule has 0 heterocycles. The summed E-state index contributed by atoms with van der Waals surface area (Å²) in [5, 5.41) is 0. The van der Waals surface area contributed by atoms with Gasteiger partial charge in [-0.05, 0) is 0 Å². The maximum atomic E-state index is 2.74. The predicted octanol–water partition coefficient (Wildman–Crippen LogP) is 7.63. The van der Waals surface area contributed by atoms with Crippen LogP contribution in [-0.2, 0) is 25.7 Å². The van der Waals surface area contributed by atoms with E-state index in [1.165, 1.54) is 75.3 Å². The van der Waals surface area contributed by atoms with Crippen molar-refractivity contribution in [3.63, 3.8) is 0 Å². The van der Waals surface area contributed by atoms with Gasteiger partial charge in [0.05, 0.1) is 0 Å². The second kappa shape index (κ2) is 11.6. The summed E-state index contributed by atoms with van der Waals surface area (Å²) in [4.78, 5) is 0. The molecule has 0 N–H and O–H groups in total. The average molecular weight is 497 g/mol. The van der Waals surface area contributed by atoms with E-state index in [2.05, 4.69) is 63.2 Å². The Morgan fingerprint density at radius 3 is 1.55 bits per heavy atom. The molecule has 0 aromatic heterocycles. The first-order chi connectivity index (χ1) is 14.2. The Morgan fingerprint density at radius 1 is 0.586 bits per heavy atom. The van der Waals surface area contributed by atoms with Crippen LogP contribution in [0.25, 0.3) is 0 Å². The van der Waals surface area contributed by atoms with Gasteiger partial charge in [-0.15, -0.1) is 0 Å². The van der Waals surface area contributed by atoms with E-state index in [4.69, 9.17) is 0 Å². The predicted molar refractivity (Wildman–Crippen MR) is 132 cm³/mol. The van der Waals surface area contributed by atoms with Crippen LogP contribution in [0.1, 0.15) is 81.5 Å². The van der Waals surface area contributed by atoms with E-state index in [1.54, 1.807) is 24.4 Å². The van der Waals surface area contributed by atoms with Crippen molar-refractivity contribution in [3.8, 4) is 0 Å². The summed E-state index contributed by atoms with van der Waals surface area (Å²) in [7, 11) is 0. The molecule has 2 aromatic carbocycles. The molecule has 1 heteroatoms. The quantitative estimate of drug-likeness (QED) is 0.296. The van der Waals surface area contributed by atoms with Gasteiger partial charge >= 0.3 is 185 Å². The number of hydrogen-bond donors (Lipinski definition) is 0. The van der Waals surface area contributed by atoms with Crippen molar-refractivity contribution in [2.75, 3.05) is 0 Å². The molecule has 0 aliphatic heterocycles. The minimum atomic E-state index is -2.40. The van der Waals surface area contributed by atoms with Crippen LogP contribution < -0.4 is 3.58 Å². The fraction of sp³-hybridized carbons (Fsp3) is 0.571. The molecule has 0 atom stereocenters. The zero-order valence-corrected chi connectivity index (χ0v) is 22.1. The number of aryl methyl sites for hydroxylation is 4. The first-order valence-corrected chi connectivity index (χ1v) is 19.9. The normalized spacial score (nSPS) is 14.0. The zero-order chi connectivity index (χ0) is 20.5. The van der Waals surface area contributed by atoms with E-state index < -0.39 is 18.4 Å². The van der Waals surface area contributed by atoms with Crippen molar-refractivity contribution >= 4 is 22.0 Å². The topological polar surface area (TPSA) is 0 Å². The molecular formula is C28H42Sn. The van der Waals surface area contributed by atoms with Crippen LogP contribution in [0.3, 0.4) is 0 Å². The van der Waals surface area contributed by atoms with Crippen molar-refractivity contribution in [2.24, 2.45) is 0 Å². The van der Waals surface area contributed by atoms with E-state index >= 15 is 0 Å². The van der Waals surface area contributed by atoms with Gasteiger partial charge in [0, 0.05) is 0 Å². The van der Waals surface area contributed by atoms with Gasteiger partial charge < -0.3 is 0 Å². The van der Waals surface area contributed by atoms with Crippen LogP contribution in [0.2, 0.25) is 13.3 Å². The van der Waals surface area contributed by atoms with E-state index in [-0.39, 0.29) is 0 Å². The van der Waals surface area contributed by atoms with Gasteiger partial charge in [-0.3, -0.25) is 0 Å². The molecule has 4 bridgehead atoms. The number of rotatable bonds is 10. The number of benzene rings is 2. The van der Waals surface area contributed by atoms with Crippen molar-refractivity contribution in [1.29, 1.82) is 0 Å². The summed E-state index contributed by atoms with van der Waals surface area (Å²) in [5.74, 6) is 0. The van der Waals surface area contributed by atoms with Crippen LogP contribution in [0.15, 0.2) is 42.5 Å². The Morgan fingerprint density at radius 2 is 1.03 bits per heavy atom. The third-order valence-corrected chi connectivity index (χ3v) is 23.0. The Bertz CT molecular complexity index is 722. The SMILES string of the molecule is CCC[CH2][Sn]([CH2]CCC)([CH2]CCC)[c]1cc2ccc1CCc1ccc(cc1)CC2. The van der Waals surface area contributed by atoms with Gasteiger partial charge in [-0.25, -0.2) is 0 Å². The molecule has 0 unspecified atom stereocenters. The van der Waals surface area contributed by atoms with Gasteiger partial charge in [0.2, 0.25) is 0 Å². The summed E-state index contributed by atoms with van der Waals surface area (Å²) in [6.45, 7) is 7.18. The molecule has 0 saturated heterocycles. The molecule has 4 aliphatic carbocycles. The molecule has 0 nitrogen and oxygen atoms in total. The van der Waals surface area contributed by atoms with Crippen LogP contribution >= 0.6 is 0 Å². The number of hydrogen-bond acceptors (Lipinski definition) is 0. The fourth-order valence-corrected chi connectivity index (χ4v) is 22.5. The Hall–Kier alpha value is -0.761. The third-order valence-electron chi connectivity index (χ3n) is 7.18. The molecule has 4 aliphatic rings. The summed E-state index contributed by atoms with van der Waals surface area (Å²) < 4.78 is 6.67. The molecule has 0 spiro atoms. The summed E-state index contributed by atoms with van der Waals surface area (Å²) in [6.07, 6.45) is 13.2. The van der Waals surface area contributed by atoms with Crippen LogP contribution in [0.5, 0.6) is 0 Å². The summed E-state index contributed by atoms with van der Waals surface area (Å²) >= 11 is -2.40. The van der Waals surface area contributed by atoms with Crippen LogP contribution in [0, 0.1) is 0 Å². The number of unbranched alkanes of at least 4 members (excludes halogenated alkanes) is 3. The molecule has 0 fully saturated rings. The molecule has 29 heavy (non-hydrogen) atoms. The second-order valence-corrected chi connectivity index (χ2v) is 22.5. The second-order valence-electron chi connectivity index (χ2n) is 9.40. The fourth-order valence-electron chi connectivity index (χ4n) is 5.26. The van der Waals surface area contributed by atoms with E-state index in [0.29, 0.717) is 0 Å². The van der Waals surface area contributed by atoms with Gasteiger partial charge in [0.15, 0.2) is 0 Å². The van der Waals surface area contributed by atoms with Gasteiger partial charge in [-0.1, -0.05) is 0 Å². The first kappa shape index (κ1) is 22.9. The van der Waals surface area contributed by atoms with Crippen LogP contribution in [0.4, 0.5) is 0 Å².